The van der Waals surface area contributed by atoms with Gasteiger partial charge in [0.05, 0.1) is 0 Å². The normalized spacial score (nSPS) is 14.2. The van der Waals surface area contributed by atoms with E-state index in [2.05, 4.69) is 70.0 Å². The predicted octanol–water partition coefficient (Wildman–Crippen LogP) is 5.56. The van der Waals surface area contributed by atoms with Crippen LogP contribution < -0.4 is 4.74 Å². The van der Waals surface area contributed by atoms with Crippen molar-refractivity contribution in [3.63, 3.8) is 0 Å². The molecule has 0 saturated heterocycles. The van der Waals surface area contributed by atoms with Crippen LogP contribution in [0.15, 0.2) is 84.4 Å². The maximum atomic E-state index is 5.90. The van der Waals surface area contributed by atoms with Gasteiger partial charge < -0.3 is 4.74 Å². The summed E-state index contributed by atoms with van der Waals surface area (Å²) in [6, 6.07) is 26.4. The van der Waals surface area contributed by atoms with Crippen molar-refractivity contribution in [1.82, 2.24) is 20.6 Å². The predicted molar refractivity (Wildman–Crippen MR) is 118 cm³/mol. The lowest BCUT2D eigenvalue weighted by molar-refractivity contribution is 0.482. The standard InChI is InChI=1S/C25H20N4O/c1-17-23(15-18-11-13-20(14-12-18)30-19-7-3-2-4-8-19)21-9-5-6-10-22(21)24(17)16-25-26-28-29-27-25/h2-15H,16H2,1H3,(H,26,27,28,29)/b23-15-. The summed E-state index contributed by atoms with van der Waals surface area (Å²) in [5, 5.41) is 14.5. The highest BCUT2D eigenvalue weighted by Gasteiger charge is 2.24. The van der Waals surface area contributed by atoms with Gasteiger partial charge in [0.25, 0.3) is 0 Å². The molecule has 3 aromatic carbocycles. The average Bonchev–Trinajstić information content (AvgIpc) is 3.39. The SMILES string of the molecule is CC1=C(Cc2nn[nH]n2)c2ccccc2/C1=C\c1ccc(Oc2ccccc2)cc1. The Morgan fingerprint density at radius 3 is 2.27 bits per heavy atom. The number of fused-ring (bicyclic) bond motifs is 1. The van der Waals surface area contributed by atoms with Gasteiger partial charge in [0, 0.05) is 6.42 Å². The minimum atomic E-state index is 0.653. The molecule has 1 aromatic heterocycles. The molecule has 0 amide bonds. The Balaban J connectivity index is 1.46. The van der Waals surface area contributed by atoms with E-state index in [-0.39, 0.29) is 0 Å². The van der Waals surface area contributed by atoms with Gasteiger partial charge in [-0.2, -0.15) is 5.21 Å². The first-order valence-corrected chi connectivity index (χ1v) is 9.85. The number of ether oxygens (including phenoxy) is 1. The van der Waals surface area contributed by atoms with E-state index in [4.69, 9.17) is 4.74 Å². The second-order valence-corrected chi connectivity index (χ2v) is 7.20. The Hall–Kier alpha value is -3.99. The molecule has 0 fully saturated rings. The number of allylic oxidation sites excluding steroid dienone is 3. The molecule has 5 nitrogen and oxygen atoms in total. The fourth-order valence-electron chi connectivity index (χ4n) is 3.80. The van der Waals surface area contributed by atoms with E-state index in [1.807, 2.05) is 42.5 Å². The third-order valence-corrected chi connectivity index (χ3v) is 5.29. The van der Waals surface area contributed by atoms with Crippen LogP contribution in [0.1, 0.15) is 29.4 Å². The van der Waals surface area contributed by atoms with Crippen LogP contribution in [0, 0.1) is 0 Å². The average molecular weight is 392 g/mol. The van der Waals surface area contributed by atoms with Crippen molar-refractivity contribution < 1.29 is 4.74 Å². The van der Waals surface area contributed by atoms with Crippen LogP contribution in [0.25, 0.3) is 17.2 Å². The number of hydrogen-bond donors (Lipinski definition) is 1. The number of nitrogens with one attached hydrogen (secondary N) is 1. The van der Waals surface area contributed by atoms with Crippen molar-refractivity contribution in [2.24, 2.45) is 0 Å². The molecule has 1 aliphatic carbocycles. The molecule has 0 saturated carbocycles. The summed E-state index contributed by atoms with van der Waals surface area (Å²) < 4.78 is 5.90. The zero-order valence-electron chi connectivity index (χ0n) is 16.5. The molecule has 0 aliphatic heterocycles. The van der Waals surface area contributed by atoms with Gasteiger partial charge in [-0.05, 0) is 70.7 Å². The van der Waals surface area contributed by atoms with Crippen molar-refractivity contribution in [2.45, 2.75) is 13.3 Å². The third kappa shape index (κ3) is 3.53. The Labute approximate surface area is 174 Å². The van der Waals surface area contributed by atoms with Gasteiger partial charge in [0.15, 0.2) is 5.82 Å². The molecule has 4 aromatic rings. The highest BCUT2D eigenvalue weighted by Crippen LogP contribution is 2.43. The summed E-state index contributed by atoms with van der Waals surface area (Å²) in [6.45, 7) is 2.16. The van der Waals surface area contributed by atoms with Crippen LogP contribution in [0.4, 0.5) is 0 Å². The van der Waals surface area contributed by atoms with Crippen molar-refractivity contribution in [1.29, 1.82) is 0 Å². The van der Waals surface area contributed by atoms with E-state index in [0.29, 0.717) is 12.2 Å². The molecule has 0 bridgehead atoms. The lowest BCUT2D eigenvalue weighted by Gasteiger charge is -2.07. The summed E-state index contributed by atoms with van der Waals surface area (Å²) in [5.41, 5.74) is 7.29. The molecule has 5 heteroatoms. The van der Waals surface area contributed by atoms with Gasteiger partial charge in [-0.15, -0.1) is 10.2 Å². The van der Waals surface area contributed by atoms with Gasteiger partial charge in [-0.25, -0.2) is 0 Å². The molecule has 0 radical (unpaired) electrons. The topological polar surface area (TPSA) is 63.7 Å². The van der Waals surface area contributed by atoms with Crippen molar-refractivity contribution >= 4 is 17.2 Å². The fraction of sp³-hybridized carbons (Fsp3) is 0.0800. The van der Waals surface area contributed by atoms with Gasteiger partial charge in [-0.1, -0.05) is 59.8 Å². The van der Waals surface area contributed by atoms with Crippen LogP contribution in [0.5, 0.6) is 11.5 Å². The number of aromatic amines is 1. The van der Waals surface area contributed by atoms with E-state index < -0.39 is 0 Å². The van der Waals surface area contributed by atoms with Crippen molar-refractivity contribution in [3.8, 4) is 11.5 Å². The largest absolute Gasteiger partial charge is 0.457 e. The second-order valence-electron chi connectivity index (χ2n) is 7.20. The number of para-hydroxylation sites is 1. The lowest BCUT2D eigenvalue weighted by atomic mass is 10.0. The first-order valence-electron chi connectivity index (χ1n) is 9.85. The fourth-order valence-corrected chi connectivity index (χ4v) is 3.80. The molecular formula is C25H20N4O. The molecule has 0 atom stereocenters. The number of H-pyrrole nitrogens is 1. The first-order chi connectivity index (χ1) is 14.8. The summed E-state index contributed by atoms with van der Waals surface area (Å²) in [5.74, 6) is 2.35. The van der Waals surface area contributed by atoms with E-state index in [9.17, 15) is 0 Å². The van der Waals surface area contributed by atoms with Crippen molar-refractivity contribution in [2.75, 3.05) is 0 Å². The molecule has 5 rings (SSSR count). The van der Waals surface area contributed by atoms with E-state index >= 15 is 0 Å². The van der Waals surface area contributed by atoms with E-state index in [1.165, 1.54) is 27.8 Å². The summed E-state index contributed by atoms with van der Waals surface area (Å²) in [7, 11) is 0. The quantitative estimate of drug-likeness (QED) is 0.483. The molecular weight excluding hydrogens is 372 g/mol. The molecule has 30 heavy (non-hydrogen) atoms. The summed E-state index contributed by atoms with van der Waals surface area (Å²) in [4.78, 5) is 0. The first kappa shape index (κ1) is 18.1. The van der Waals surface area contributed by atoms with Crippen LogP contribution in [-0.2, 0) is 6.42 Å². The Morgan fingerprint density at radius 2 is 1.53 bits per heavy atom. The number of aromatic nitrogens is 4. The molecule has 1 aliphatic rings. The van der Waals surface area contributed by atoms with E-state index in [1.54, 1.807) is 0 Å². The summed E-state index contributed by atoms with van der Waals surface area (Å²) >= 11 is 0. The zero-order chi connectivity index (χ0) is 20.3. The van der Waals surface area contributed by atoms with Gasteiger partial charge in [0.2, 0.25) is 0 Å². The monoisotopic (exact) mass is 392 g/mol. The minimum Gasteiger partial charge on any atom is -0.457 e. The highest BCUT2D eigenvalue weighted by molar-refractivity contribution is 6.05. The third-order valence-electron chi connectivity index (χ3n) is 5.29. The number of hydrogen-bond acceptors (Lipinski definition) is 4. The van der Waals surface area contributed by atoms with Crippen LogP contribution in [0.3, 0.4) is 0 Å². The Morgan fingerprint density at radius 1 is 0.833 bits per heavy atom. The van der Waals surface area contributed by atoms with Crippen LogP contribution >= 0.6 is 0 Å². The van der Waals surface area contributed by atoms with Gasteiger partial charge in [0.1, 0.15) is 11.5 Å². The minimum absolute atomic E-state index is 0.653. The van der Waals surface area contributed by atoms with Crippen LogP contribution in [-0.4, -0.2) is 20.6 Å². The molecule has 1 heterocycles. The number of rotatable bonds is 5. The van der Waals surface area contributed by atoms with Gasteiger partial charge in [-0.3, -0.25) is 0 Å². The maximum absolute atomic E-state index is 5.90. The van der Waals surface area contributed by atoms with E-state index in [0.717, 1.165) is 17.1 Å². The number of tetrazole rings is 1. The van der Waals surface area contributed by atoms with Crippen molar-refractivity contribution in [3.05, 3.63) is 107 Å². The second kappa shape index (κ2) is 7.79. The highest BCUT2D eigenvalue weighted by atomic mass is 16.5. The Bertz CT molecular complexity index is 1220. The Kier molecular flexibility index (Phi) is 4.69. The van der Waals surface area contributed by atoms with Crippen LogP contribution in [0.2, 0.25) is 0 Å². The molecule has 0 spiro atoms. The molecule has 1 N–H and O–H groups in total. The molecule has 0 unspecified atom stereocenters. The number of benzene rings is 3. The summed E-state index contributed by atoms with van der Waals surface area (Å²) in [6.07, 6.45) is 2.88. The zero-order valence-corrected chi connectivity index (χ0v) is 16.5. The maximum Gasteiger partial charge on any atom is 0.178 e. The van der Waals surface area contributed by atoms with Gasteiger partial charge >= 0.3 is 0 Å². The number of nitrogens with zero attached hydrogens (tertiary/aromatic N) is 3. The smallest absolute Gasteiger partial charge is 0.178 e. The molecule has 146 valence electrons. The lowest BCUT2D eigenvalue weighted by Crippen LogP contribution is -1.93.